The molecule has 8 heteroatoms. The Bertz CT molecular complexity index is 530. The van der Waals surface area contributed by atoms with Crippen molar-refractivity contribution in [2.45, 2.75) is 18.6 Å². The van der Waals surface area contributed by atoms with E-state index in [2.05, 4.69) is 15.5 Å². The van der Waals surface area contributed by atoms with Crippen LogP contribution in [0.1, 0.15) is 6.42 Å². The molecule has 1 aromatic heterocycles. The number of H-pyrrole nitrogens is 1. The predicted molar refractivity (Wildman–Crippen MR) is 64.5 cm³/mol. The van der Waals surface area contributed by atoms with Gasteiger partial charge in [0.15, 0.2) is 0 Å². The fourth-order valence-electron chi connectivity index (χ4n) is 2.12. The van der Waals surface area contributed by atoms with Crippen LogP contribution in [-0.2, 0) is 7.05 Å². The van der Waals surface area contributed by atoms with Crippen LogP contribution in [0, 0.1) is 0 Å². The summed E-state index contributed by atoms with van der Waals surface area (Å²) in [4.78, 5) is 24.7. The zero-order valence-electron chi connectivity index (χ0n) is 10.3. The number of alkyl halides is 1. The minimum Gasteiger partial charge on any atom is -0.360 e. The Morgan fingerprint density at radius 2 is 2.11 bits per heavy atom. The maximum Gasteiger partial charge on any atom is 0.344 e. The smallest absolute Gasteiger partial charge is 0.344 e. The molecule has 0 aromatic carbocycles. The third kappa shape index (κ3) is 2.58. The van der Waals surface area contributed by atoms with Gasteiger partial charge in [-0.15, -0.1) is 5.10 Å². The van der Waals surface area contributed by atoms with Crippen LogP contribution in [-0.4, -0.2) is 52.0 Å². The van der Waals surface area contributed by atoms with Gasteiger partial charge in [-0.25, -0.2) is 14.3 Å². The predicted octanol–water partition coefficient (Wildman–Crippen LogP) is -1.08. The molecule has 18 heavy (non-hydrogen) atoms. The molecule has 1 aromatic rings. The SMILES string of the molecule is CN1C[C@H](F)C[C@@H](Nc2n[nH]c(=O)n(C)c2=O)C1. The van der Waals surface area contributed by atoms with Crippen molar-refractivity contribution in [1.29, 1.82) is 0 Å². The number of halogens is 1. The number of hydrogen-bond donors (Lipinski definition) is 2. The molecule has 7 nitrogen and oxygen atoms in total. The second kappa shape index (κ2) is 4.89. The molecule has 0 bridgehead atoms. The Morgan fingerprint density at radius 3 is 2.78 bits per heavy atom. The van der Waals surface area contributed by atoms with Crippen molar-refractivity contribution in [1.82, 2.24) is 19.7 Å². The van der Waals surface area contributed by atoms with E-state index < -0.39 is 17.4 Å². The summed E-state index contributed by atoms with van der Waals surface area (Å²) in [6.07, 6.45) is -0.596. The number of nitrogens with zero attached hydrogens (tertiary/aromatic N) is 3. The fraction of sp³-hybridized carbons (Fsp3) is 0.700. The molecule has 0 unspecified atom stereocenters. The highest BCUT2D eigenvalue weighted by atomic mass is 19.1. The molecule has 1 aliphatic heterocycles. The highest BCUT2D eigenvalue weighted by Gasteiger charge is 2.25. The Kier molecular flexibility index (Phi) is 3.46. The highest BCUT2D eigenvalue weighted by Crippen LogP contribution is 2.14. The summed E-state index contributed by atoms with van der Waals surface area (Å²) in [5.74, 6) is 0.0459. The summed E-state index contributed by atoms with van der Waals surface area (Å²) in [5, 5.41) is 8.75. The normalized spacial score (nSPS) is 25.1. The summed E-state index contributed by atoms with van der Waals surface area (Å²) in [5.41, 5.74) is -1.09. The maximum absolute atomic E-state index is 13.4. The van der Waals surface area contributed by atoms with Crippen LogP contribution < -0.4 is 16.6 Å². The first-order valence-corrected chi connectivity index (χ1v) is 5.72. The summed E-state index contributed by atoms with van der Waals surface area (Å²) in [6, 6.07) is -0.190. The van der Waals surface area contributed by atoms with Crippen molar-refractivity contribution in [2.75, 3.05) is 25.5 Å². The summed E-state index contributed by atoms with van der Waals surface area (Å²) < 4.78 is 14.3. The summed E-state index contributed by atoms with van der Waals surface area (Å²) >= 11 is 0. The van der Waals surface area contributed by atoms with E-state index in [0.29, 0.717) is 19.5 Å². The van der Waals surface area contributed by atoms with Gasteiger partial charge in [-0.2, -0.15) is 0 Å². The number of aromatic nitrogens is 3. The van der Waals surface area contributed by atoms with Crippen LogP contribution in [0.3, 0.4) is 0 Å². The van der Waals surface area contributed by atoms with Crippen molar-refractivity contribution in [3.63, 3.8) is 0 Å². The molecule has 2 rings (SSSR count). The van der Waals surface area contributed by atoms with E-state index in [1.807, 2.05) is 11.9 Å². The van der Waals surface area contributed by atoms with E-state index in [1.165, 1.54) is 7.05 Å². The van der Waals surface area contributed by atoms with Crippen LogP contribution >= 0.6 is 0 Å². The Hall–Kier alpha value is -1.70. The molecule has 0 radical (unpaired) electrons. The van der Waals surface area contributed by atoms with Gasteiger partial charge in [0.2, 0.25) is 5.82 Å². The van der Waals surface area contributed by atoms with E-state index in [-0.39, 0.29) is 11.9 Å². The summed E-state index contributed by atoms with van der Waals surface area (Å²) in [6.45, 7) is 1.03. The van der Waals surface area contributed by atoms with E-state index in [9.17, 15) is 14.0 Å². The Balaban J connectivity index is 2.17. The van der Waals surface area contributed by atoms with E-state index >= 15 is 0 Å². The monoisotopic (exact) mass is 257 g/mol. The lowest BCUT2D eigenvalue weighted by molar-refractivity contribution is 0.153. The topological polar surface area (TPSA) is 83.0 Å². The molecule has 0 saturated carbocycles. The molecular formula is C10H16FN5O2. The van der Waals surface area contributed by atoms with Gasteiger partial charge in [0.25, 0.3) is 5.56 Å². The third-order valence-electron chi connectivity index (χ3n) is 3.00. The van der Waals surface area contributed by atoms with Gasteiger partial charge in [-0.3, -0.25) is 9.36 Å². The zero-order valence-corrected chi connectivity index (χ0v) is 10.3. The molecule has 2 atom stereocenters. The fourth-order valence-corrected chi connectivity index (χ4v) is 2.12. The molecule has 100 valence electrons. The van der Waals surface area contributed by atoms with Crippen molar-refractivity contribution < 1.29 is 4.39 Å². The van der Waals surface area contributed by atoms with E-state index in [1.54, 1.807) is 0 Å². The van der Waals surface area contributed by atoms with Gasteiger partial charge < -0.3 is 10.2 Å². The maximum atomic E-state index is 13.4. The minimum atomic E-state index is -0.923. The van der Waals surface area contributed by atoms with Crippen LogP contribution in [0.25, 0.3) is 0 Å². The second-order valence-corrected chi connectivity index (χ2v) is 4.64. The lowest BCUT2D eigenvalue weighted by Crippen LogP contribution is -2.47. The number of piperidine rings is 1. The average molecular weight is 257 g/mol. The minimum absolute atomic E-state index is 0.0459. The number of rotatable bonds is 2. The van der Waals surface area contributed by atoms with Crippen molar-refractivity contribution in [2.24, 2.45) is 7.05 Å². The van der Waals surface area contributed by atoms with Crippen LogP contribution in [0.2, 0.25) is 0 Å². The molecule has 1 saturated heterocycles. The van der Waals surface area contributed by atoms with Crippen molar-refractivity contribution in [3.05, 3.63) is 20.8 Å². The Labute approximate surface area is 103 Å². The average Bonchev–Trinajstić information content (AvgIpc) is 2.29. The standard InChI is InChI=1S/C10H16FN5O2/c1-15-4-6(11)3-7(5-15)12-8-9(17)16(2)10(18)14-13-8/h6-7H,3-5H2,1-2H3,(H,12,13)(H,14,18)/t6-,7-/m1/s1. The molecule has 0 aliphatic carbocycles. The van der Waals surface area contributed by atoms with Gasteiger partial charge in [0, 0.05) is 32.6 Å². The van der Waals surface area contributed by atoms with Gasteiger partial charge in [-0.1, -0.05) is 0 Å². The first kappa shape index (κ1) is 12.7. The Morgan fingerprint density at radius 1 is 1.39 bits per heavy atom. The second-order valence-electron chi connectivity index (χ2n) is 4.64. The molecule has 1 fully saturated rings. The summed E-state index contributed by atoms with van der Waals surface area (Å²) in [7, 11) is 3.18. The first-order chi connectivity index (χ1) is 8.47. The number of likely N-dealkylation sites (tertiary alicyclic amines) is 1. The number of likely N-dealkylation sites (N-methyl/N-ethyl adjacent to an activating group) is 1. The van der Waals surface area contributed by atoms with Crippen LogP contribution in [0.5, 0.6) is 0 Å². The largest absolute Gasteiger partial charge is 0.360 e. The van der Waals surface area contributed by atoms with Gasteiger partial charge >= 0.3 is 5.69 Å². The molecule has 2 N–H and O–H groups in total. The number of hydrogen-bond acceptors (Lipinski definition) is 5. The molecule has 1 aliphatic rings. The van der Waals surface area contributed by atoms with Gasteiger partial charge in [0.05, 0.1) is 0 Å². The number of aromatic amines is 1. The van der Waals surface area contributed by atoms with Crippen LogP contribution in [0.4, 0.5) is 10.2 Å². The lowest BCUT2D eigenvalue weighted by Gasteiger charge is -2.32. The molecular weight excluding hydrogens is 241 g/mol. The van der Waals surface area contributed by atoms with E-state index in [4.69, 9.17) is 0 Å². The third-order valence-corrected chi connectivity index (χ3v) is 3.00. The quantitative estimate of drug-likeness (QED) is 0.704. The zero-order chi connectivity index (χ0) is 13.3. The lowest BCUT2D eigenvalue weighted by atomic mass is 10.1. The van der Waals surface area contributed by atoms with Gasteiger partial charge in [-0.05, 0) is 7.05 Å². The van der Waals surface area contributed by atoms with E-state index in [0.717, 1.165) is 4.57 Å². The number of nitrogens with one attached hydrogen (secondary N) is 2. The van der Waals surface area contributed by atoms with Gasteiger partial charge in [0.1, 0.15) is 6.17 Å². The highest BCUT2D eigenvalue weighted by molar-refractivity contribution is 5.31. The number of anilines is 1. The first-order valence-electron chi connectivity index (χ1n) is 5.72. The molecule has 0 amide bonds. The van der Waals surface area contributed by atoms with Crippen molar-refractivity contribution >= 4 is 5.82 Å². The molecule has 2 heterocycles. The van der Waals surface area contributed by atoms with Crippen LogP contribution in [0.15, 0.2) is 9.59 Å². The molecule has 0 spiro atoms. The van der Waals surface area contributed by atoms with Crippen molar-refractivity contribution in [3.8, 4) is 0 Å².